The van der Waals surface area contributed by atoms with Gasteiger partial charge in [-0.1, -0.05) is 0 Å². The van der Waals surface area contributed by atoms with Crippen LogP contribution in [0.15, 0.2) is 12.1 Å². The molecular weight excluding hydrogens is 292 g/mol. The van der Waals surface area contributed by atoms with Crippen molar-refractivity contribution >= 4 is 29.1 Å². The van der Waals surface area contributed by atoms with Crippen LogP contribution in [0, 0.1) is 0 Å². The summed E-state index contributed by atoms with van der Waals surface area (Å²) in [4.78, 5) is 36.8. The Hall–Kier alpha value is -1.89. The van der Waals surface area contributed by atoms with Gasteiger partial charge in [-0.15, -0.1) is 11.3 Å². The fraction of sp³-hybridized carbons (Fsp3) is 0.500. The van der Waals surface area contributed by atoms with E-state index in [1.54, 1.807) is 0 Å². The summed E-state index contributed by atoms with van der Waals surface area (Å²) in [5.41, 5.74) is 0. The van der Waals surface area contributed by atoms with E-state index < -0.39 is 5.97 Å². The third-order valence-electron chi connectivity index (χ3n) is 3.37. The lowest BCUT2D eigenvalue weighted by atomic mass is 10.1. The third kappa shape index (κ3) is 4.29. The van der Waals surface area contributed by atoms with Crippen LogP contribution in [0.2, 0.25) is 0 Å². The molecule has 0 unspecified atom stereocenters. The molecule has 1 aromatic rings. The van der Waals surface area contributed by atoms with E-state index in [2.05, 4.69) is 5.32 Å². The van der Waals surface area contributed by atoms with Crippen LogP contribution >= 0.6 is 11.3 Å². The Bertz CT molecular complexity index is 535. The maximum atomic E-state index is 11.9. The van der Waals surface area contributed by atoms with Crippen LogP contribution < -0.4 is 5.32 Å². The molecule has 0 spiro atoms. The van der Waals surface area contributed by atoms with E-state index in [1.807, 2.05) is 4.90 Å². The number of carbonyl (C=O) groups is 3. The van der Waals surface area contributed by atoms with Gasteiger partial charge in [-0.3, -0.25) is 9.59 Å². The monoisotopic (exact) mass is 310 g/mol. The lowest BCUT2D eigenvalue weighted by molar-refractivity contribution is -0.131. The molecule has 1 aliphatic rings. The van der Waals surface area contributed by atoms with E-state index in [4.69, 9.17) is 5.11 Å². The Morgan fingerprint density at radius 3 is 2.43 bits per heavy atom. The number of carboxylic acids is 1. The van der Waals surface area contributed by atoms with Gasteiger partial charge in [0.15, 0.2) is 0 Å². The highest BCUT2D eigenvalue weighted by atomic mass is 32.1. The normalized spacial score (nSPS) is 14.8. The van der Waals surface area contributed by atoms with Crippen LogP contribution in [-0.2, 0) is 4.79 Å². The van der Waals surface area contributed by atoms with E-state index in [1.165, 1.54) is 18.6 Å². The number of amides is 2. The van der Waals surface area contributed by atoms with Crippen LogP contribution in [-0.4, -0.2) is 47.4 Å². The molecule has 114 valence electrons. The fourth-order valence-electron chi connectivity index (χ4n) is 2.25. The molecule has 2 N–H and O–H groups in total. The van der Waals surface area contributed by atoms with Crippen LogP contribution in [0.1, 0.15) is 45.0 Å². The highest BCUT2D eigenvalue weighted by Crippen LogP contribution is 2.16. The zero-order valence-corrected chi connectivity index (χ0v) is 12.4. The molecule has 2 rings (SSSR count). The van der Waals surface area contributed by atoms with Gasteiger partial charge in [0.1, 0.15) is 4.88 Å². The van der Waals surface area contributed by atoms with Crippen molar-refractivity contribution in [3.63, 3.8) is 0 Å². The fourth-order valence-corrected chi connectivity index (χ4v) is 3.01. The average molecular weight is 310 g/mol. The van der Waals surface area contributed by atoms with Crippen LogP contribution in [0.25, 0.3) is 0 Å². The summed E-state index contributed by atoms with van der Waals surface area (Å²) >= 11 is 0.929. The van der Waals surface area contributed by atoms with E-state index in [-0.39, 0.29) is 29.7 Å². The van der Waals surface area contributed by atoms with Crippen molar-refractivity contribution in [2.45, 2.75) is 25.7 Å². The Morgan fingerprint density at radius 2 is 1.81 bits per heavy atom. The number of carboxylic acid groups (broad SMARTS) is 1. The predicted octanol–water partition coefficient (Wildman–Crippen LogP) is 1.58. The lowest BCUT2D eigenvalue weighted by Crippen LogP contribution is -2.37. The van der Waals surface area contributed by atoms with Crippen molar-refractivity contribution in [2.24, 2.45) is 0 Å². The van der Waals surface area contributed by atoms with Crippen molar-refractivity contribution in [1.29, 1.82) is 0 Å². The molecule has 7 heteroatoms. The zero-order chi connectivity index (χ0) is 15.2. The number of aromatic carboxylic acids is 1. The van der Waals surface area contributed by atoms with Gasteiger partial charge in [0.2, 0.25) is 5.91 Å². The first kappa shape index (κ1) is 15.5. The minimum atomic E-state index is -1.04. The van der Waals surface area contributed by atoms with Gasteiger partial charge in [0, 0.05) is 26.1 Å². The second-order valence-electron chi connectivity index (χ2n) is 4.92. The third-order valence-corrected chi connectivity index (χ3v) is 4.45. The van der Waals surface area contributed by atoms with Crippen LogP contribution in [0.5, 0.6) is 0 Å². The minimum Gasteiger partial charge on any atom is -0.477 e. The summed E-state index contributed by atoms with van der Waals surface area (Å²) in [5, 5.41) is 11.5. The minimum absolute atomic E-state index is 0.0624. The highest BCUT2D eigenvalue weighted by Gasteiger charge is 2.17. The Kier molecular flexibility index (Phi) is 5.32. The van der Waals surface area contributed by atoms with Crippen LogP contribution in [0.4, 0.5) is 0 Å². The number of thiophene rings is 1. The van der Waals surface area contributed by atoms with Crippen molar-refractivity contribution in [1.82, 2.24) is 10.2 Å². The summed E-state index contributed by atoms with van der Waals surface area (Å²) in [5.74, 6) is -1.31. The van der Waals surface area contributed by atoms with E-state index in [9.17, 15) is 14.4 Å². The van der Waals surface area contributed by atoms with Crippen molar-refractivity contribution in [3.05, 3.63) is 21.9 Å². The van der Waals surface area contributed by atoms with E-state index in [0.717, 1.165) is 37.3 Å². The summed E-state index contributed by atoms with van der Waals surface area (Å²) in [7, 11) is 0. The standard InChI is InChI=1S/C14H18N2O4S/c17-12(16-8-2-1-3-9-16)6-7-15-13(18)10-4-5-11(21-10)14(19)20/h4-5H,1-3,6-9H2,(H,15,18)(H,19,20). The SMILES string of the molecule is O=C(O)c1ccc(C(=O)NCCC(=O)N2CCCCC2)s1. The molecule has 0 radical (unpaired) electrons. The number of rotatable bonds is 5. The number of piperidine rings is 1. The summed E-state index contributed by atoms with van der Waals surface area (Å²) in [6, 6.07) is 2.89. The Morgan fingerprint density at radius 1 is 1.14 bits per heavy atom. The molecule has 1 aromatic heterocycles. The highest BCUT2D eigenvalue weighted by molar-refractivity contribution is 7.15. The molecule has 2 heterocycles. The molecule has 0 aromatic carbocycles. The van der Waals surface area contributed by atoms with Crippen molar-refractivity contribution in [2.75, 3.05) is 19.6 Å². The van der Waals surface area contributed by atoms with Gasteiger partial charge in [-0.25, -0.2) is 4.79 Å². The van der Waals surface area contributed by atoms with Gasteiger partial charge in [0.25, 0.3) is 5.91 Å². The topological polar surface area (TPSA) is 86.7 Å². The number of nitrogens with zero attached hydrogens (tertiary/aromatic N) is 1. The molecule has 2 amide bonds. The molecule has 21 heavy (non-hydrogen) atoms. The Balaban J connectivity index is 1.75. The molecule has 0 atom stereocenters. The number of nitrogens with one attached hydrogen (secondary N) is 1. The molecule has 0 saturated carbocycles. The molecule has 1 saturated heterocycles. The molecule has 0 bridgehead atoms. The number of carbonyl (C=O) groups excluding carboxylic acids is 2. The maximum absolute atomic E-state index is 11.9. The number of likely N-dealkylation sites (tertiary alicyclic amines) is 1. The van der Waals surface area contributed by atoms with Gasteiger partial charge >= 0.3 is 5.97 Å². The van der Waals surface area contributed by atoms with Gasteiger partial charge in [0.05, 0.1) is 4.88 Å². The average Bonchev–Trinajstić information content (AvgIpc) is 2.98. The molecule has 0 aliphatic carbocycles. The van der Waals surface area contributed by atoms with Gasteiger partial charge < -0.3 is 15.3 Å². The summed E-state index contributed by atoms with van der Waals surface area (Å²) in [6.45, 7) is 1.88. The number of hydrogen-bond donors (Lipinski definition) is 2. The molecule has 1 aliphatic heterocycles. The smallest absolute Gasteiger partial charge is 0.345 e. The lowest BCUT2D eigenvalue weighted by Gasteiger charge is -2.26. The van der Waals surface area contributed by atoms with E-state index >= 15 is 0 Å². The van der Waals surface area contributed by atoms with E-state index in [0.29, 0.717) is 4.88 Å². The molecule has 1 fully saturated rings. The second-order valence-corrected chi connectivity index (χ2v) is 6.00. The summed E-state index contributed by atoms with van der Waals surface area (Å²) in [6.07, 6.45) is 3.55. The zero-order valence-electron chi connectivity index (χ0n) is 11.6. The number of hydrogen-bond acceptors (Lipinski definition) is 4. The maximum Gasteiger partial charge on any atom is 0.345 e. The summed E-state index contributed by atoms with van der Waals surface area (Å²) < 4.78 is 0. The Labute approximate surface area is 126 Å². The van der Waals surface area contributed by atoms with Gasteiger partial charge in [-0.05, 0) is 31.4 Å². The predicted molar refractivity (Wildman–Crippen MR) is 78.7 cm³/mol. The quantitative estimate of drug-likeness (QED) is 0.864. The van der Waals surface area contributed by atoms with Crippen molar-refractivity contribution in [3.8, 4) is 0 Å². The van der Waals surface area contributed by atoms with Crippen molar-refractivity contribution < 1.29 is 19.5 Å². The molecular formula is C14H18N2O4S. The van der Waals surface area contributed by atoms with Crippen LogP contribution in [0.3, 0.4) is 0 Å². The van der Waals surface area contributed by atoms with Gasteiger partial charge in [-0.2, -0.15) is 0 Å². The first-order valence-electron chi connectivity index (χ1n) is 6.97. The molecule has 6 nitrogen and oxygen atoms in total. The largest absolute Gasteiger partial charge is 0.477 e. The first-order valence-corrected chi connectivity index (χ1v) is 7.78. The first-order chi connectivity index (χ1) is 10.1. The second kappa shape index (κ2) is 7.21.